The lowest BCUT2D eigenvalue weighted by Crippen LogP contribution is -2.27. The van der Waals surface area contributed by atoms with Crippen LogP contribution in [0.3, 0.4) is 0 Å². The van der Waals surface area contributed by atoms with E-state index in [2.05, 4.69) is 9.84 Å². The van der Waals surface area contributed by atoms with Crippen molar-refractivity contribution in [3.8, 4) is 0 Å². The SMILES string of the molecule is CC(C)(C)OC(N)=O.CCCn1cc([N+](=O)[O-])cn1. The van der Waals surface area contributed by atoms with E-state index >= 15 is 0 Å². The fourth-order valence-corrected chi connectivity index (χ4v) is 1.10. The fraction of sp³-hybridized carbons (Fsp3) is 0.636. The lowest BCUT2D eigenvalue weighted by molar-refractivity contribution is -0.385. The second kappa shape index (κ2) is 7.34. The number of rotatable bonds is 3. The van der Waals surface area contributed by atoms with Crippen LogP contribution in [0, 0.1) is 10.1 Å². The summed E-state index contributed by atoms with van der Waals surface area (Å²) in [6.45, 7) is 8.01. The second-order valence-electron chi connectivity index (χ2n) is 4.75. The van der Waals surface area contributed by atoms with E-state index in [1.54, 1.807) is 25.5 Å². The smallest absolute Gasteiger partial charge is 0.405 e. The topological polar surface area (TPSA) is 113 Å². The molecule has 8 nitrogen and oxygen atoms in total. The molecular weight excluding hydrogens is 252 g/mol. The predicted molar refractivity (Wildman–Crippen MR) is 69.6 cm³/mol. The number of nitrogens with zero attached hydrogens (tertiary/aromatic N) is 3. The minimum absolute atomic E-state index is 0.0541. The lowest BCUT2D eigenvalue weighted by Gasteiger charge is -2.16. The molecule has 0 spiro atoms. The lowest BCUT2D eigenvalue weighted by atomic mass is 10.2. The predicted octanol–water partition coefficient (Wildman–Crippen LogP) is 2.08. The molecular formula is C11H20N4O4. The van der Waals surface area contributed by atoms with Crippen LogP contribution in [0.4, 0.5) is 10.5 Å². The average Bonchev–Trinajstić information content (AvgIpc) is 2.63. The third-order valence-corrected chi connectivity index (χ3v) is 1.69. The van der Waals surface area contributed by atoms with Gasteiger partial charge in [-0.1, -0.05) is 6.92 Å². The summed E-state index contributed by atoms with van der Waals surface area (Å²) in [5, 5.41) is 14.0. The van der Waals surface area contributed by atoms with Gasteiger partial charge in [0.2, 0.25) is 0 Å². The number of nitro groups is 1. The molecule has 0 aliphatic rings. The van der Waals surface area contributed by atoms with Gasteiger partial charge in [0.1, 0.15) is 18.0 Å². The van der Waals surface area contributed by atoms with E-state index in [-0.39, 0.29) is 5.69 Å². The highest BCUT2D eigenvalue weighted by Gasteiger charge is 2.12. The van der Waals surface area contributed by atoms with Gasteiger partial charge in [-0.15, -0.1) is 0 Å². The van der Waals surface area contributed by atoms with Crippen LogP contribution >= 0.6 is 0 Å². The van der Waals surface area contributed by atoms with E-state index in [4.69, 9.17) is 5.73 Å². The van der Waals surface area contributed by atoms with Crippen molar-refractivity contribution in [3.63, 3.8) is 0 Å². The summed E-state index contributed by atoms with van der Waals surface area (Å²) >= 11 is 0. The van der Waals surface area contributed by atoms with Crippen LogP contribution in [0.15, 0.2) is 12.4 Å². The molecule has 0 fully saturated rings. The van der Waals surface area contributed by atoms with Gasteiger partial charge in [-0.25, -0.2) is 4.79 Å². The maximum absolute atomic E-state index is 10.2. The van der Waals surface area contributed by atoms with E-state index < -0.39 is 16.6 Å². The van der Waals surface area contributed by atoms with Gasteiger partial charge < -0.3 is 10.5 Å². The second-order valence-corrected chi connectivity index (χ2v) is 4.75. The number of aryl methyl sites for hydroxylation is 1. The number of carbonyl (C=O) groups excluding carboxylic acids is 1. The van der Waals surface area contributed by atoms with Crippen LogP contribution in [0.25, 0.3) is 0 Å². The highest BCUT2D eigenvalue weighted by Crippen LogP contribution is 2.07. The van der Waals surface area contributed by atoms with Crippen LogP contribution in [0.1, 0.15) is 34.1 Å². The standard InChI is InChI=1S/C6H9N3O2.C5H11NO2/c1-2-3-8-5-6(4-7-8)9(10)11;1-5(2,3)8-4(6)7/h4-5H,2-3H2,1H3;1-3H3,(H2,6,7). The number of hydrogen-bond donors (Lipinski definition) is 1. The molecule has 0 unspecified atom stereocenters. The van der Waals surface area contributed by atoms with Crippen LogP contribution < -0.4 is 5.73 Å². The Labute approximate surface area is 111 Å². The Morgan fingerprint density at radius 1 is 1.58 bits per heavy atom. The van der Waals surface area contributed by atoms with Crippen LogP contribution in [-0.2, 0) is 11.3 Å². The van der Waals surface area contributed by atoms with Gasteiger partial charge in [0.05, 0.1) is 4.92 Å². The maximum Gasteiger partial charge on any atom is 0.405 e. The Morgan fingerprint density at radius 3 is 2.42 bits per heavy atom. The van der Waals surface area contributed by atoms with Crippen molar-refractivity contribution in [2.75, 3.05) is 0 Å². The van der Waals surface area contributed by atoms with Crippen LogP contribution in [0.2, 0.25) is 0 Å². The summed E-state index contributed by atoms with van der Waals surface area (Å²) < 4.78 is 6.14. The monoisotopic (exact) mass is 272 g/mol. The summed E-state index contributed by atoms with van der Waals surface area (Å²) in [7, 11) is 0. The Bertz CT molecular complexity index is 423. The van der Waals surface area contributed by atoms with Gasteiger partial charge in [0, 0.05) is 6.54 Å². The fourth-order valence-electron chi connectivity index (χ4n) is 1.10. The zero-order valence-electron chi connectivity index (χ0n) is 11.6. The van der Waals surface area contributed by atoms with Crippen LogP contribution in [-0.4, -0.2) is 26.4 Å². The van der Waals surface area contributed by atoms with Gasteiger partial charge >= 0.3 is 11.8 Å². The van der Waals surface area contributed by atoms with Gasteiger partial charge in [0.15, 0.2) is 0 Å². The quantitative estimate of drug-likeness (QED) is 0.668. The first-order chi connectivity index (χ1) is 8.65. The molecule has 1 amide bonds. The van der Waals surface area contributed by atoms with Crippen molar-refractivity contribution < 1.29 is 14.5 Å². The molecule has 0 bridgehead atoms. The van der Waals surface area contributed by atoms with Crippen molar-refractivity contribution in [3.05, 3.63) is 22.5 Å². The molecule has 2 N–H and O–H groups in total. The molecule has 1 rings (SSSR count). The van der Waals surface area contributed by atoms with Gasteiger partial charge in [-0.05, 0) is 27.2 Å². The van der Waals surface area contributed by atoms with Crippen molar-refractivity contribution in [2.24, 2.45) is 5.73 Å². The van der Waals surface area contributed by atoms with E-state index in [0.29, 0.717) is 0 Å². The summed E-state index contributed by atoms with van der Waals surface area (Å²) in [5.41, 5.74) is 4.32. The first kappa shape index (κ1) is 16.9. The van der Waals surface area contributed by atoms with E-state index in [0.717, 1.165) is 13.0 Å². The third-order valence-electron chi connectivity index (χ3n) is 1.69. The Balaban J connectivity index is 0.000000362. The van der Waals surface area contributed by atoms with E-state index in [1.165, 1.54) is 12.4 Å². The van der Waals surface area contributed by atoms with Crippen molar-refractivity contribution >= 4 is 11.8 Å². The Hall–Kier alpha value is -2.12. The number of amides is 1. The number of nitrogens with two attached hydrogens (primary N) is 1. The number of aromatic nitrogens is 2. The molecule has 0 aliphatic heterocycles. The molecule has 0 aliphatic carbocycles. The zero-order chi connectivity index (χ0) is 15.1. The molecule has 1 aromatic rings. The van der Waals surface area contributed by atoms with E-state index in [9.17, 15) is 14.9 Å². The molecule has 19 heavy (non-hydrogen) atoms. The van der Waals surface area contributed by atoms with Gasteiger partial charge in [-0.3, -0.25) is 14.8 Å². The minimum atomic E-state index is -0.725. The van der Waals surface area contributed by atoms with Crippen molar-refractivity contribution in [1.29, 1.82) is 0 Å². The summed E-state index contributed by atoms with van der Waals surface area (Å²) in [6.07, 6.45) is 2.90. The average molecular weight is 272 g/mol. The summed E-state index contributed by atoms with van der Waals surface area (Å²) in [6, 6.07) is 0. The number of primary amides is 1. The molecule has 0 saturated carbocycles. The van der Waals surface area contributed by atoms with Crippen molar-refractivity contribution in [2.45, 2.75) is 46.3 Å². The molecule has 0 aromatic carbocycles. The summed E-state index contributed by atoms with van der Waals surface area (Å²) in [4.78, 5) is 19.7. The maximum atomic E-state index is 10.2. The first-order valence-electron chi connectivity index (χ1n) is 5.81. The molecule has 1 heterocycles. The Morgan fingerprint density at radius 2 is 2.16 bits per heavy atom. The minimum Gasteiger partial charge on any atom is -0.444 e. The number of carbonyl (C=O) groups is 1. The molecule has 0 radical (unpaired) electrons. The van der Waals surface area contributed by atoms with Gasteiger partial charge in [-0.2, -0.15) is 5.10 Å². The molecule has 108 valence electrons. The summed E-state index contributed by atoms with van der Waals surface area (Å²) in [5.74, 6) is 0. The zero-order valence-corrected chi connectivity index (χ0v) is 11.6. The number of ether oxygens (including phenoxy) is 1. The normalized spacial score (nSPS) is 10.3. The van der Waals surface area contributed by atoms with Crippen LogP contribution in [0.5, 0.6) is 0 Å². The van der Waals surface area contributed by atoms with E-state index in [1.807, 2.05) is 6.92 Å². The highest BCUT2D eigenvalue weighted by molar-refractivity contribution is 5.65. The largest absolute Gasteiger partial charge is 0.444 e. The molecule has 0 saturated heterocycles. The molecule has 0 atom stereocenters. The van der Waals surface area contributed by atoms with Gasteiger partial charge in [0.25, 0.3) is 0 Å². The number of hydrogen-bond acceptors (Lipinski definition) is 5. The first-order valence-corrected chi connectivity index (χ1v) is 5.81. The third kappa shape index (κ3) is 8.58. The molecule has 1 aromatic heterocycles. The Kier molecular flexibility index (Phi) is 6.53. The van der Waals surface area contributed by atoms with Crippen molar-refractivity contribution in [1.82, 2.24) is 9.78 Å². The molecule has 8 heteroatoms. The highest BCUT2D eigenvalue weighted by atomic mass is 16.6.